The maximum absolute atomic E-state index is 12.3. The van der Waals surface area contributed by atoms with Gasteiger partial charge in [0.15, 0.2) is 0 Å². The maximum Gasteiger partial charge on any atom is 0.498 e. The van der Waals surface area contributed by atoms with E-state index in [1.807, 2.05) is 34.6 Å². The van der Waals surface area contributed by atoms with E-state index in [4.69, 9.17) is 9.31 Å². The summed E-state index contributed by atoms with van der Waals surface area (Å²) in [4.78, 5) is 0. The first kappa shape index (κ1) is 13.6. The summed E-state index contributed by atoms with van der Waals surface area (Å²) in [5.74, 6) is 0. The molecule has 1 aliphatic rings. The SMILES string of the molecule is Cc1nn(CCF)cc1B1OC(C)(C)C(C)(C)O1. The summed E-state index contributed by atoms with van der Waals surface area (Å²) in [6.07, 6.45) is 1.80. The average molecular weight is 254 g/mol. The molecular weight excluding hydrogens is 234 g/mol. The highest BCUT2D eigenvalue weighted by atomic mass is 19.1. The quantitative estimate of drug-likeness (QED) is 0.766. The van der Waals surface area contributed by atoms with Gasteiger partial charge in [-0.2, -0.15) is 5.10 Å². The van der Waals surface area contributed by atoms with Gasteiger partial charge in [0, 0.05) is 11.7 Å². The van der Waals surface area contributed by atoms with Crippen molar-refractivity contribution in [1.29, 1.82) is 0 Å². The highest BCUT2D eigenvalue weighted by Gasteiger charge is 2.52. The molecule has 1 saturated heterocycles. The number of rotatable bonds is 3. The van der Waals surface area contributed by atoms with Crippen LogP contribution in [-0.4, -0.2) is 34.8 Å². The minimum absolute atomic E-state index is 0.264. The predicted octanol–water partition coefficient (Wildman–Crippen LogP) is 1.46. The molecule has 1 aromatic heterocycles. The molecular formula is C12H20BFN2O2. The van der Waals surface area contributed by atoms with E-state index < -0.39 is 13.8 Å². The maximum atomic E-state index is 12.3. The first-order valence-corrected chi connectivity index (χ1v) is 6.22. The zero-order valence-corrected chi connectivity index (χ0v) is 11.7. The number of aromatic nitrogens is 2. The molecule has 1 fully saturated rings. The van der Waals surface area contributed by atoms with Crippen LogP contribution in [0.15, 0.2) is 6.20 Å². The first-order chi connectivity index (χ1) is 8.27. The molecule has 0 aliphatic carbocycles. The molecule has 100 valence electrons. The Bertz CT molecular complexity index is 429. The van der Waals surface area contributed by atoms with Crippen LogP contribution in [0.2, 0.25) is 0 Å². The monoisotopic (exact) mass is 254 g/mol. The number of alkyl halides is 1. The van der Waals surface area contributed by atoms with Gasteiger partial charge in [0.25, 0.3) is 0 Å². The standard InChI is InChI=1S/C12H20BFN2O2/c1-9-10(8-16(15-9)7-6-14)13-17-11(2,3)12(4,5)18-13/h8H,6-7H2,1-5H3. The third-order valence-corrected chi connectivity index (χ3v) is 3.81. The van der Waals surface area contributed by atoms with Crippen molar-refractivity contribution in [3.63, 3.8) is 0 Å². The molecule has 0 amide bonds. The van der Waals surface area contributed by atoms with Gasteiger partial charge in [0.2, 0.25) is 0 Å². The fourth-order valence-corrected chi connectivity index (χ4v) is 1.94. The number of aryl methyl sites for hydroxylation is 2. The lowest BCUT2D eigenvalue weighted by atomic mass is 9.79. The van der Waals surface area contributed by atoms with Gasteiger partial charge in [0.1, 0.15) is 6.67 Å². The summed E-state index contributed by atoms with van der Waals surface area (Å²) in [5, 5.41) is 4.26. The van der Waals surface area contributed by atoms with Crippen molar-refractivity contribution < 1.29 is 13.7 Å². The van der Waals surface area contributed by atoms with Crippen molar-refractivity contribution in [2.24, 2.45) is 0 Å². The number of hydrogen-bond donors (Lipinski definition) is 0. The van der Waals surface area contributed by atoms with E-state index in [0.717, 1.165) is 11.2 Å². The molecule has 6 heteroatoms. The Balaban J connectivity index is 2.24. The van der Waals surface area contributed by atoms with E-state index >= 15 is 0 Å². The van der Waals surface area contributed by atoms with Crippen molar-refractivity contribution in [2.75, 3.05) is 6.67 Å². The fourth-order valence-electron chi connectivity index (χ4n) is 1.94. The Labute approximate surface area is 108 Å². The summed E-state index contributed by atoms with van der Waals surface area (Å²) >= 11 is 0. The summed E-state index contributed by atoms with van der Waals surface area (Å²) in [5.41, 5.74) is 0.961. The molecule has 4 nitrogen and oxygen atoms in total. The van der Waals surface area contributed by atoms with Crippen LogP contribution >= 0.6 is 0 Å². The van der Waals surface area contributed by atoms with Gasteiger partial charge in [0.05, 0.1) is 23.4 Å². The molecule has 0 N–H and O–H groups in total. The van der Waals surface area contributed by atoms with E-state index in [1.54, 1.807) is 10.9 Å². The molecule has 1 aliphatic heterocycles. The Morgan fingerprint density at radius 3 is 2.33 bits per heavy atom. The minimum atomic E-state index is -0.427. The van der Waals surface area contributed by atoms with E-state index in [0.29, 0.717) is 0 Å². The lowest BCUT2D eigenvalue weighted by molar-refractivity contribution is 0.00578. The second-order valence-corrected chi connectivity index (χ2v) is 5.71. The van der Waals surface area contributed by atoms with Crippen LogP contribution in [0, 0.1) is 6.92 Å². The van der Waals surface area contributed by atoms with Gasteiger partial charge in [-0.05, 0) is 34.6 Å². The molecule has 0 radical (unpaired) electrons. The molecule has 2 heterocycles. The van der Waals surface area contributed by atoms with Gasteiger partial charge >= 0.3 is 7.12 Å². The van der Waals surface area contributed by atoms with Crippen LogP contribution in [0.25, 0.3) is 0 Å². The molecule has 0 spiro atoms. The zero-order chi connectivity index (χ0) is 13.6. The van der Waals surface area contributed by atoms with Crippen molar-refractivity contribution in [2.45, 2.75) is 52.4 Å². The number of nitrogens with zero attached hydrogens (tertiary/aromatic N) is 2. The lowest BCUT2D eigenvalue weighted by Gasteiger charge is -2.32. The smallest absolute Gasteiger partial charge is 0.399 e. The third kappa shape index (κ3) is 2.19. The van der Waals surface area contributed by atoms with Crippen molar-refractivity contribution in [1.82, 2.24) is 9.78 Å². The normalized spacial score (nSPS) is 21.6. The predicted molar refractivity (Wildman–Crippen MR) is 68.7 cm³/mol. The summed E-state index contributed by atoms with van der Waals surface area (Å²) in [6.45, 7) is 9.75. The molecule has 0 atom stereocenters. The molecule has 0 bridgehead atoms. The van der Waals surface area contributed by atoms with E-state index in [1.165, 1.54) is 0 Å². The molecule has 0 aromatic carbocycles. The van der Waals surface area contributed by atoms with Gasteiger partial charge in [-0.25, -0.2) is 4.39 Å². The van der Waals surface area contributed by atoms with Crippen LogP contribution in [-0.2, 0) is 15.9 Å². The van der Waals surface area contributed by atoms with Crippen LogP contribution in [0.4, 0.5) is 4.39 Å². The molecule has 18 heavy (non-hydrogen) atoms. The van der Waals surface area contributed by atoms with Gasteiger partial charge in [-0.3, -0.25) is 4.68 Å². The average Bonchev–Trinajstić information content (AvgIpc) is 2.66. The summed E-state index contributed by atoms with van der Waals surface area (Å²) < 4.78 is 25.8. The Kier molecular flexibility index (Phi) is 3.27. The topological polar surface area (TPSA) is 36.3 Å². The van der Waals surface area contributed by atoms with Crippen LogP contribution < -0.4 is 5.46 Å². The highest BCUT2D eigenvalue weighted by molar-refractivity contribution is 6.62. The van der Waals surface area contributed by atoms with E-state index in [9.17, 15) is 4.39 Å². The summed E-state index contributed by atoms with van der Waals surface area (Å²) in [6, 6.07) is 0. The van der Waals surface area contributed by atoms with Crippen molar-refractivity contribution >= 4 is 12.6 Å². The van der Waals surface area contributed by atoms with Gasteiger partial charge in [-0.1, -0.05) is 0 Å². The fraction of sp³-hybridized carbons (Fsp3) is 0.750. The second-order valence-electron chi connectivity index (χ2n) is 5.71. The lowest BCUT2D eigenvalue weighted by Crippen LogP contribution is -2.41. The van der Waals surface area contributed by atoms with Crippen molar-refractivity contribution in [3.05, 3.63) is 11.9 Å². The van der Waals surface area contributed by atoms with Crippen LogP contribution in [0.3, 0.4) is 0 Å². The second kappa shape index (κ2) is 4.35. The minimum Gasteiger partial charge on any atom is -0.399 e. The Hall–Kier alpha value is -0.875. The van der Waals surface area contributed by atoms with Crippen LogP contribution in [0.5, 0.6) is 0 Å². The Morgan fingerprint density at radius 1 is 1.28 bits per heavy atom. The summed E-state index contributed by atoms with van der Waals surface area (Å²) in [7, 11) is -0.427. The van der Waals surface area contributed by atoms with Gasteiger partial charge in [-0.15, -0.1) is 0 Å². The molecule has 0 saturated carbocycles. The molecule has 2 rings (SSSR count). The zero-order valence-electron chi connectivity index (χ0n) is 11.7. The molecule has 1 aromatic rings. The third-order valence-electron chi connectivity index (χ3n) is 3.81. The van der Waals surface area contributed by atoms with Gasteiger partial charge < -0.3 is 9.31 Å². The largest absolute Gasteiger partial charge is 0.498 e. The first-order valence-electron chi connectivity index (χ1n) is 6.22. The molecule has 0 unspecified atom stereocenters. The number of halogens is 1. The van der Waals surface area contributed by atoms with Crippen LogP contribution in [0.1, 0.15) is 33.4 Å². The van der Waals surface area contributed by atoms with E-state index in [2.05, 4.69) is 5.10 Å². The van der Waals surface area contributed by atoms with Crippen molar-refractivity contribution in [3.8, 4) is 0 Å². The number of hydrogen-bond acceptors (Lipinski definition) is 3. The highest BCUT2D eigenvalue weighted by Crippen LogP contribution is 2.36. The van der Waals surface area contributed by atoms with E-state index in [-0.39, 0.29) is 17.7 Å². The Morgan fingerprint density at radius 2 is 1.83 bits per heavy atom.